The number of methoxy groups -OCH3 is 1. The summed E-state index contributed by atoms with van der Waals surface area (Å²) < 4.78 is 31.2. The smallest absolute Gasteiger partial charge is 0.243 e. The number of benzene rings is 1. The molecule has 0 atom stereocenters. The molecule has 0 spiro atoms. The summed E-state index contributed by atoms with van der Waals surface area (Å²) in [5, 5.41) is 8.74. The highest BCUT2D eigenvalue weighted by Gasteiger charge is 2.23. The van der Waals surface area contributed by atoms with Crippen LogP contribution in [-0.4, -0.2) is 44.6 Å². The van der Waals surface area contributed by atoms with Crippen molar-refractivity contribution in [3.63, 3.8) is 0 Å². The fraction of sp³-hybridized carbons (Fsp3) is 0.429. The van der Waals surface area contributed by atoms with Gasteiger partial charge in [-0.15, -0.1) is 0 Å². The Bertz CT molecular complexity index is 626. The van der Waals surface area contributed by atoms with Crippen LogP contribution in [0.5, 0.6) is 5.75 Å². The Hall–Kier alpha value is -1.55. The standard InChI is InChI=1S/C14H19NO4S/c1-11(2)15(3)20(17,18)13-7-8-14(19-4)12(10-13)6-5-9-16/h7-8,10-11,16H,9H2,1-4H3. The molecular formula is C14H19NO4S. The van der Waals surface area contributed by atoms with Gasteiger partial charge in [-0.1, -0.05) is 11.8 Å². The fourth-order valence-electron chi connectivity index (χ4n) is 1.52. The first-order valence-corrected chi connectivity index (χ1v) is 7.54. The molecule has 6 heteroatoms. The second kappa shape index (κ2) is 6.75. The minimum absolute atomic E-state index is 0.144. The average Bonchev–Trinajstić information content (AvgIpc) is 2.43. The molecule has 0 radical (unpaired) electrons. The van der Waals surface area contributed by atoms with Gasteiger partial charge in [0.25, 0.3) is 0 Å². The summed E-state index contributed by atoms with van der Waals surface area (Å²) in [6.45, 7) is 3.30. The lowest BCUT2D eigenvalue weighted by Gasteiger charge is -2.21. The van der Waals surface area contributed by atoms with E-state index in [2.05, 4.69) is 11.8 Å². The van der Waals surface area contributed by atoms with Crippen LogP contribution >= 0.6 is 0 Å². The normalized spacial score (nSPS) is 11.3. The molecular weight excluding hydrogens is 278 g/mol. The first-order valence-electron chi connectivity index (χ1n) is 6.10. The van der Waals surface area contributed by atoms with E-state index in [4.69, 9.17) is 9.84 Å². The van der Waals surface area contributed by atoms with E-state index >= 15 is 0 Å². The molecule has 0 saturated heterocycles. The molecule has 0 aliphatic carbocycles. The Morgan fingerprint density at radius 2 is 2.05 bits per heavy atom. The first-order chi connectivity index (χ1) is 9.34. The van der Waals surface area contributed by atoms with Gasteiger partial charge in [0.1, 0.15) is 12.4 Å². The van der Waals surface area contributed by atoms with Crippen molar-refractivity contribution in [1.82, 2.24) is 4.31 Å². The van der Waals surface area contributed by atoms with E-state index < -0.39 is 10.0 Å². The van der Waals surface area contributed by atoms with E-state index in [1.54, 1.807) is 19.9 Å². The van der Waals surface area contributed by atoms with Gasteiger partial charge in [-0.3, -0.25) is 0 Å². The van der Waals surface area contributed by atoms with Crippen molar-refractivity contribution in [3.05, 3.63) is 23.8 Å². The highest BCUT2D eigenvalue weighted by Crippen LogP contribution is 2.24. The number of aliphatic hydroxyl groups is 1. The van der Waals surface area contributed by atoms with Crippen LogP contribution in [-0.2, 0) is 10.0 Å². The highest BCUT2D eigenvalue weighted by atomic mass is 32.2. The molecule has 0 saturated carbocycles. The van der Waals surface area contributed by atoms with Gasteiger partial charge in [0, 0.05) is 13.1 Å². The van der Waals surface area contributed by atoms with Crippen LogP contribution in [0.4, 0.5) is 0 Å². The first kappa shape index (κ1) is 16.5. The average molecular weight is 297 g/mol. The number of nitrogens with zero attached hydrogens (tertiary/aromatic N) is 1. The third-order valence-electron chi connectivity index (χ3n) is 2.88. The van der Waals surface area contributed by atoms with Crippen LogP contribution in [0.15, 0.2) is 23.1 Å². The minimum atomic E-state index is -3.56. The summed E-state index contributed by atoms with van der Waals surface area (Å²) in [6.07, 6.45) is 0. The summed E-state index contributed by atoms with van der Waals surface area (Å²) in [6, 6.07) is 4.35. The van der Waals surface area contributed by atoms with Gasteiger partial charge in [-0.2, -0.15) is 4.31 Å². The van der Waals surface area contributed by atoms with Gasteiger partial charge >= 0.3 is 0 Å². The van der Waals surface area contributed by atoms with Crippen molar-refractivity contribution < 1.29 is 18.3 Å². The second-order valence-corrected chi connectivity index (χ2v) is 6.43. The molecule has 1 aromatic carbocycles. The van der Waals surface area contributed by atoms with Crippen LogP contribution in [0.25, 0.3) is 0 Å². The maximum Gasteiger partial charge on any atom is 0.243 e. The Morgan fingerprint density at radius 3 is 2.55 bits per heavy atom. The molecule has 1 rings (SSSR count). The van der Waals surface area contributed by atoms with Gasteiger partial charge in [-0.25, -0.2) is 8.42 Å². The number of hydrogen-bond donors (Lipinski definition) is 1. The van der Waals surface area contributed by atoms with Crippen molar-refractivity contribution in [1.29, 1.82) is 0 Å². The lowest BCUT2D eigenvalue weighted by atomic mass is 10.2. The molecule has 0 amide bonds. The Morgan fingerprint density at radius 1 is 1.40 bits per heavy atom. The third kappa shape index (κ3) is 3.51. The van der Waals surface area contributed by atoms with Gasteiger partial charge in [0.05, 0.1) is 17.6 Å². The van der Waals surface area contributed by atoms with Gasteiger partial charge in [0.2, 0.25) is 10.0 Å². The van der Waals surface area contributed by atoms with Gasteiger partial charge in [-0.05, 0) is 32.0 Å². The molecule has 0 aliphatic heterocycles. The number of sulfonamides is 1. The summed E-state index contributed by atoms with van der Waals surface area (Å²) in [5.41, 5.74) is 0.430. The molecule has 0 bridgehead atoms. The van der Waals surface area contributed by atoms with Crippen LogP contribution in [0, 0.1) is 11.8 Å². The second-order valence-electron chi connectivity index (χ2n) is 4.44. The number of hydrogen-bond acceptors (Lipinski definition) is 4. The van der Waals surface area contributed by atoms with E-state index in [0.717, 1.165) is 0 Å². The van der Waals surface area contributed by atoms with Crippen LogP contribution < -0.4 is 4.74 Å². The largest absolute Gasteiger partial charge is 0.495 e. The van der Waals surface area contributed by atoms with Crippen molar-refractivity contribution in [2.75, 3.05) is 20.8 Å². The van der Waals surface area contributed by atoms with Crippen molar-refractivity contribution in [2.45, 2.75) is 24.8 Å². The van der Waals surface area contributed by atoms with Gasteiger partial charge < -0.3 is 9.84 Å². The third-order valence-corrected chi connectivity index (χ3v) is 4.91. The fourth-order valence-corrected chi connectivity index (χ4v) is 2.92. The summed E-state index contributed by atoms with van der Waals surface area (Å²) >= 11 is 0. The predicted octanol–water partition coefficient (Wildman–Crippen LogP) is 1.07. The molecule has 1 N–H and O–H groups in total. The molecule has 5 nitrogen and oxygen atoms in total. The van der Waals surface area contributed by atoms with E-state index in [9.17, 15) is 8.42 Å². The zero-order chi connectivity index (χ0) is 15.3. The number of aliphatic hydroxyl groups excluding tert-OH is 1. The quantitative estimate of drug-likeness (QED) is 0.844. The van der Waals surface area contributed by atoms with Gasteiger partial charge in [0.15, 0.2) is 0 Å². The molecule has 0 aliphatic rings. The van der Waals surface area contributed by atoms with Crippen LogP contribution in [0.3, 0.4) is 0 Å². The lowest BCUT2D eigenvalue weighted by molar-refractivity contribution is 0.350. The monoisotopic (exact) mass is 297 g/mol. The SMILES string of the molecule is COc1ccc(S(=O)(=O)N(C)C(C)C)cc1C#CCO. The Kier molecular flexibility index (Phi) is 5.57. The minimum Gasteiger partial charge on any atom is -0.495 e. The zero-order valence-corrected chi connectivity index (χ0v) is 12.9. The summed E-state index contributed by atoms with van der Waals surface area (Å²) in [7, 11) is -0.552. The molecule has 0 unspecified atom stereocenters. The van der Waals surface area contributed by atoms with Crippen LogP contribution in [0.2, 0.25) is 0 Å². The Balaban J connectivity index is 3.34. The van der Waals surface area contributed by atoms with E-state index in [1.165, 1.54) is 30.6 Å². The molecule has 0 heterocycles. The zero-order valence-electron chi connectivity index (χ0n) is 12.0. The number of rotatable bonds is 4. The van der Waals surface area contributed by atoms with E-state index in [-0.39, 0.29) is 17.5 Å². The predicted molar refractivity (Wildman–Crippen MR) is 77.0 cm³/mol. The maximum absolute atomic E-state index is 12.4. The lowest BCUT2D eigenvalue weighted by Crippen LogP contribution is -2.33. The highest BCUT2D eigenvalue weighted by molar-refractivity contribution is 7.89. The topological polar surface area (TPSA) is 66.8 Å². The molecule has 1 aromatic rings. The maximum atomic E-state index is 12.4. The summed E-state index contributed by atoms with van der Waals surface area (Å²) in [5.74, 6) is 5.64. The van der Waals surface area contributed by atoms with Crippen molar-refractivity contribution >= 4 is 10.0 Å². The van der Waals surface area contributed by atoms with Crippen molar-refractivity contribution in [2.24, 2.45) is 0 Å². The van der Waals surface area contributed by atoms with E-state index in [1.807, 2.05) is 0 Å². The summed E-state index contributed by atoms with van der Waals surface area (Å²) in [4.78, 5) is 0.150. The Labute approximate surface area is 120 Å². The molecule has 110 valence electrons. The van der Waals surface area contributed by atoms with E-state index in [0.29, 0.717) is 11.3 Å². The van der Waals surface area contributed by atoms with Crippen LogP contribution in [0.1, 0.15) is 19.4 Å². The molecule has 20 heavy (non-hydrogen) atoms. The molecule has 0 fully saturated rings. The molecule has 0 aromatic heterocycles. The number of ether oxygens (including phenoxy) is 1. The van der Waals surface area contributed by atoms with Crippen molar-refractivity contribution in [3.8, 4) is 17.6 Å².